The Kier molecular flexibility index (Phi) is 5.62. The Balaban J connectivity index is 1.54. The molecule has 137 valence electrons. The maximum absolute atomic E-state index is 12.2. The number of carbonyl (C=O) groups is 1. The number of hydrogen-bond donors (Lipinski definition) is 1. The lowest BCUT2D eigenvalue weighted by Gasteiger charge is -2.35. The Bertz CT molecular complexity index is 747. The third kappa shape index (κ3) is 4.66. The molecule has 0 aliphatic carbocycles. The summed E-state index contributed by atoms with van der Waals surface area (Å²) in [7, 11) is 0. The monoisotopic (exact) mass is 361 g/mol. The fourth-order valence-electron chi connectivity index (χ4n) is 2.85. The second kappa shape index (κ2) is 8.09. The van der Waals surface area contributed by atoms with Crippen LogP contribution in [0.4, 0.5) is 14.6 Å². The molecule has 3 rings (SSSR count). The maximum atomic E-state index is 12.2. The highest BCUT2D eigenvalue weighted by molar-refractivity contribution is 5.90. The summed E-state index contributed by atoms with van der Waals surface area (Å²) in [6.45, 7) is 1.09. The van der Waals surface area contributed by atoms with Crippen molar-refractivity contribution < 1.29 is 18.3 Å². The van der Waals surface area contributed by atoms with E-state index in [9.17, 15) is 13.6 Å². The van der Waals surface area contributed by atoms with Gasteiger partial charge in [-0.3, -0.25) is 9.69 Å². The zero-order valence-electron chi connectivity index (χ0n) is 14.1. The van der Waals surface area contributed by atoms with Crippen LogP contribution in [0.3, 0.4) is 0 Å². The number of alkyl halides is 2. The molecular weight excluding hydrogens is 342 g/mol. The van der Waals surface area contributed by atoms with Crippen molar-refractivity contribution in [1.29, 1.82) is 0 Å². The molecule has 1 aliphatic heterocycles. The molecule has 0 saturated carbocycles. The van der Waals surface area contributed by atoms with Gasteiger partial charge in [0, 0.05) is 38.8 Å². The van der Waals surface area contributed by atoms with Gasteiger partial charge in [0.15, 0.2) is 0 Å². The minimum atomic E-state index is -2.81. The molecule has 6 nitrogen and oxygen atoms in total. The van der Waals surface area contributed by atoms with Crippen molar-refractivity contribution in [1.82, 2.24) is 9.88 Å². The van der Waals surface area contributed by atoms with Crippen molar-refractivity contribution in [3.8, 4) is 5.75 Å². The van der Waals surface area contributed by atoms with Gasteiger partial charge in [-0.05, 0) is 29.8 Å². The number of nitrogens with zero attached hydrogens (tertiary/aromatic N) is 3. The number of ether oxygens (including phenoxy) is 1. The SMILES string of the molecule is NC(=O)c1[c]ccc(N2CCN(Cc3ccc(OC(F)F)cc3)CC2)n1. The average molecular weight is 361 g/mol. The third-order valence-corrected chi connectivity index (χ3v) is 4.16. The number of carbonyl (C=O) groups excluding carboxylic acids is 1. The first-order valence-corrected chi connectivity index (χ1v) is 8.21. The Morgan fingerprint density at radius 3 is 2.50 bits per heavy atom. The lowest BCUT2D eigenvalue weighted by atomic mass is 10.2. The lowest BCUT2D eigenvalue weighted by Crippen LogP contribution is -2.46. The van der Waals surface area contributed by atoms with E-state index >= 15 is 0 Å². The molecule has 0 atom stereocenters. The van der Waals surface area contributed by atoms with Gasteiger partial charge in [0.05, 0.1) is 0 Å². The van der Waals surface area contributed by atoms with E-state index in [1.54, 1.807) is 30.3 Å². The van der Waals surface area contributed by atoms with Crippen molar-refractivity contribution in [3.63, 3.8) is 0 Å². The smallest absolute Gasteiger partial charge is 0.387 e. The van der Waals surface area contributed by atoms with E-state index in [2.05, 4.69) is 25.6 Å². The molecule has 1 aliphatic rings. The van der Waals surface area contributed by atoms with E-state index < -0.39 is 12.5 Å². The van der Waals surface area contributed by atoms with Gasteiger partial charge < -0.3 is 15.4 Å². The van der Waals surface area contributed by atoms with Crippen molar-refractivity contribution in [2.75, 3.05) is 31.1 Å². The molecule has 1 fully saturated rings. The van der Waals surface area contributed by atoms with Gasteiger partial charge in [-0.15, -0.1) is 0 Å². The fraction of sp³-hybridized carbons (Fsp3) is 0.333. The standard InChI is InChI=1S/C18H19F2N4O2/c19-18(20)26-14-6-4-13(5-7-14)12-23-8-10-24(11-9-23)16-3-1-2-15(22-16)17(21)25/h1,3-7,18H,8-12H2,(H2,21,25). The summed E-state index contributed by atoms with van der Waals surface area (Å²) < 4.78 is 28.7. The van der Waals surface area contributed by atoms with Crippen molar-refractivity contribution in [2.45, 2.75) is 13.2 Å². The van der Waals surface area contributed by atoms with E-state index in [0.29, 0.717) is 5.82 Å². The number of primary amides is 1. The van der Waals surface area contributed by atoms with Crippen LogP contribution in [0.25, 0.3) is 0 Å². The third-order valence-electron chi connectivity index (χ3n) is 4.16. The summed E-state index contributed by atoms with van der Waals surface area (Å²) in [5.74, 6) is 0.279. The zero-order chi connectivity index (χ0) is 18.5. The number of halogens is 2. The van der Waals surface area contributed by atoms with E-state index in [0.717, 1.165) is 38.3 Å². The molecule has 1 amide bonds. The van der Waals surface area contributed by atoms with Crippen molar-refractivity contribution >= 4 is 11.7 Å². The highest BCUT2D eigenvalue weighted by Gasteiger charge is 2.19. The van der Waals surface area contributed by atoms with Gasteiger partial charge >= 0.3 is 6.61 Å². The summed E-state index contributed by atoms with van der Waals surface area (Å²) in [4.78, 5) is 19.8. The van der Waals surface area contributed by atoms with Crippen LogP contribution >= 0.6 is 0 Å². The summed E-state index contributed by atoms with van der Waals surface area (Å²) >= 11 is 0. The number of anilines is 1. The van der Waals surface area contributed by atoms with Gasteiger partial charge in [0.2, 0.25) is 0 Å². The van der Waals surface area contributed by atoms with E-state index in [4.69, 9.17) is 5.73 Å². The minimum Gasteiger partial charge on any atom is -0.435 e. The van der Waals surface area contributed by atoms with E-state index in [1.165, 1.54) is 0 Å². The van der Waals surface area contributed by atoms with Gasteiger partial charge in [-0.2, -0.15) is 8.78 Å². The maximum Gasteiger partial charge on any atom is 0.387 e. The van der Waals surface area contributed by atoms with Crippen LogP contribution in [-0.2, 0) is 6.54 Å². The first-order chi connectivity index (χ1) is 12.5. The summed E-state index contributed by atoms with van der Waals surface area (Å²) in [5.41, 5.74) is 6.41. The molecule has 1 aromatic heterocycles. The Morgan fingerprint density at radius 1 is 1.19 bits per heavy atom. The lowest BCUT2D eigenvalue weighted by molar-refractivity contribution is -0.0498. The van der Waals surface area contributed by atoms with Crippen LogP contribution in [0, 0.1) is 6.07 Å². The van der Waals surface area contributed by atoms with Gasteiger partial charge in [0.1, 0.15) is 17.3 Å². The predicted octanol–water partition coefficient (Wildman–Crippen LogP) is 1.90. The molecule has 0 spiro atoms. The molecule has 2 aromatic rings. The quantitative estimate of drug-likeness (QED) is 0.851. The predicted molar refractivity (Wildman–Crippen MR) is 92.2 cm³/mol. The van der Waals surface area contributed by atoms with Gasteiger partial charge in [-0.1, -0.05) is 12.1 Å². The van der Waals surface area contributed by atoms with E-state index in [1.807, 2.05) is 6.07 Å². The molecule has 1 radical (unpaired) electrons. The first kappa shape index (κ1) is 18.1. The number of hydrogen-bond acceptors (Lipinski definition) is 5. The van der Waals surface area contributed by atoms with Crippen LogP contribution in [0.2, 0.25) is 0 Å². The average Bonchev–Trinajstić information content (AvgIpc) is 2.64. The van der Waals surface area contributed by atoms with Gasteiger partial charge in [0.25, 0.3) is 5.91 Å². The molecule has 0 bridgehead atoms. The second-order valence-electron chi connectivity index (χ2n) is 5.95. The molecule has 8 heteroatoms. The highest BCUT2D eigenvalue weighted by Crippen LogP contribution is 2.18. The van der Waals surface area contributed by atoms with Crippen LogP contribution in [0.1, 0.15) is 16.1 Å². The fourth-order valence-corrected chi connectivity index (χ4v) is 2.85. The normalized spacial score (nSPS) is 15.3. The number of amides is 1. The zero-order valence-corrected chi connectivity index (χ0v) is 14.1. The van der Waals surface area contributed by atoms with Gasteiger partial charge in [-0.25, -0.2) is 4.98 Å². The molecular formula is C18H19F2N4O2. The molecule has 2 heterocycles. The summed E-state index contributed by atoms with van der Waals surface area (Å²) in [6, 6.07) is 12.9. The van der Waals surface area contributed by atoms with E-state index in [-0.39, 0.29) is 11.4 Å². The topological polar surface area (TPSA) is 71.7 Å². The van der Waals surface area contributed by atoms with Crippen molar-refractivity contribution in [2.24, 2.45) is 5.73 Å². The molecule has 1 saturated heterocycles. The minimum absolute atomic E-state index is 0.135. The number of piperazine rings is 1. The molecule has 1 aromatic carbocycles. The number of nitrogens with two attached hydrogens (primary N) is 1. The van der Waals surface area contributed by atoms with Crippen LogP contribution in [-0.4, -0.2) is 48.6 Å². The summed E-state index contributed by atoms with van der Waals surface area (Å²) in [6.07, 6.45) is 0. The number of benzene rings is 1. The molecule has 26 heavy (non-hydrogen) atoms. The highest BCUT2D eigenvalue weighted by atomic mass is 19.3. The van der Waals surface area contributed by atoms with Crippen LogP contribution < -0.4 is 15.4 Å². The Labute approximate surface area is 150 Å². The Morgan fingerprint density at radius 2 is 1.88 bits per heavy atom. The second-order valence-corrected chi connectivity index (χ2v) is 5.95. The number of rotatable bonds is 6. The molecule has 0 unspecified atom stereocenters. The molecule has 2 N–H and O–H groups in total. The Hall–Kier alpha value is -2.74. The largest absolute Gasteiger partial charge is 0.435 e. The summed E-state index contributed by atoms with van der Waals surface area (Å²) in [5, 5.41) is 0. The van der Waals surface area contributed by atoms with Crippen LogP contribution in [0.15, 0.2) is 36.4 Å². The first-order valence-electron chi connectivity index (χ1n) is 8.21. The number of pyridine rings is 1. The number of aromatic nitrogens is 1. The van der Waals surface area contributed by atoms with Crippen molar-refractivity contribution in [3.05, 3.63) is 53.7 Å². The van der Waals surface area contributed by atoms with Crippen LogP contribution in [0.5, 0.6) is 5.75 Å².